The molecule has 3 atom stereocenters. The number of aliphatic hydroxyl groups excluding tert-OH is 1. The number of aliphatic hydroxyl groups is 1. The molecule has 0 amide bonds. The fraction of sp³-hybridized carbons (Fsp3) is 0.265. The highest BCUT2D eigenvalue weighted by Crippen LogP contribution is 2.58. The van der Waals surface area contributed by atoms with Crippen molar-refractivity contribution in [3.63, 3.8) is 0 Å². The van der Waals surface area contributed by atoms with Crippen LogP contribution in [0.1, 0.15) is 50.6 Å². The molecule has 0 bridgehead atoms. The molecule has 220 valence electrons. The van der Waals surface area contributed by atoms with Crippen molar-refractivity contribution in [2.45, 2.75) is 30.3 Å². The first-order chi connectivity index (χ1) is 20.7. The van der Waals surface area contributed by atoms with Crippen LogP contribution in [0.3, 0.4) is 0 Å². The Labute approximate surface area is 248 Å². The number of carbonyl (C=O) groups is 3. The molecule has 2 heterocycles. The van der Waals surface area contributed by atoms with E-state index < -0.39 is 29.2 Å². The molecule has 3 aromatic carbocycles. The van der Waals surface area contributed by atoms with Gasteiger partial charge in [-0.25, -0.2) is 0 Å². The topological polar surface area (TPSA) is 134 Å². The van der Waals surface area contributed by atoms with Crippen LogP contribution in [0.25, 0.3) is 6.08 Å². The van der Waals surface area contributed by atoms with Crippen LogP contribution >= 0.6 is 0 Å². The van der Waals surface area contributed by atoms with E-state index in [4.69, 9.17) is 9.47 Å². The van der Waals surface area contributed by atoms with Gasteiger partial charge in [-0.05, 0) is 60.9 Å². The van der Waals surface area contributed by atoms with Gasteiger partial charge in [0.2, 0.25) is 0 Å². The summed E-state index contributed by atoms with van der Waals surface area (Å²) in [7, 11) is 2.83. The van der Waals surface area contributed by atoms with Crippen molar-refractivity contribution in [3.8, 4) is 23.0 Å². The molecule has 2 saturated heterocycles. The zero-order chi connectivity index (χ0) is 30.5. The van der Waals surface area contributed by atoms with Crippen molar-refractivity contribution in [1.29, 1.82) is 0 Å². The lowest BCUT2D eigenvalue weighted by atomic mass is 9.69. The first-order valence-corrected chi connectivity index (χ1v) is 14.0. The Balaban J connectivity index is 1.45. The van der Waals surface area contributed by atoms with Gasteiger partial charge in [0, 0.05) is 35.1 Å². The minimum atomic E-state index is -1.64. The summed E-state index contributed by atoms with van der Waals surface area (Å²) in [6, 6.07) is 15.6. The highest BCUT2D eigenvalue weighted by molar-refractivity contribution is 6.34. The van der Waals surface area contributed by atoms with Crippen LogP contribution in [0.5, 0.6) is 23.0 Å². The van der Waals surface area contributed by atoms with Crippen LogP contribution in [-0.4, -0.2) is 69.9 Å². The van der Waals surface area contributed by atoms with E-state index in [1.165, 1.54) is 32.4 Å². The summed E-state index contributed by atoms with van der Waals surface area (Å²) in [4.78, 5) is 44.7. The maximum Gasteiger partial charge on any atom is 0.192 e. The molecule has 0 radical (unpaired) electrons. The molecule has 1 spiro atoms. The number of fused-ring (bicyclic) bond motifs is 3. The van der Waals surface area contributed by atoms with Crippen molar-refractivity contribution in [3.05, 3.63) is 101 Å². The number of phenols is 2. The molecule has 3 unspecified atom stereocenters. The zero-order valence-electron chi connectivity index (χ0n) is 23.7. The van der Waals surface area contributed by atoms with Gasteiger partial charge in [0.25, 0.3) is 0 Å². The molecular weight excluding hydrogens is 550 g/mol. The van der Waals surface area contributed by atoms with E-state index >= 15 is 0 Å². The Kier molecular flexibility index (Phi) is 7.06. The Morgan fingerprint density at radius 3 is 2.21 bits per heavy atom. The maximum atomic E-state index is 14.3. The Morgan fingerprint density at radius 2 is 1.56 bits per heavy atom. The van der Waals surface area contributed by atoms with Crippen molar-refractivity contribution in [2.75, 3.05) is 20.8 Å². The number of Topliss-reactive ketones (excluding diaryl/α,β-unsaturated/α-hetero) is 2. The number of phenolic OH excluding ortho intramolecular Hbond substituents is 2. The molecule has 43 heavy (non-hydrogen) atoms. The second-order valence-corrected chi connectivity index (χ2v) is 11.0. The maximum absolute atomic E-state index is 14.3. The van der Waals surface area contributed by atoms with E-state index in [-0.39, 0.29) is 40.3 Å². The first kappa shape index (κ1) is 28.2. The lowest BCUT2D eigenvalue weighted by molar-refractivity contribution is -0.119. The van der Waals surface area contributed by atoms with Crippen molar-refractivity contribution in [1.82, 2.24) is 4.90 Å². The minimum Gasteiger partial charge on any atom is -0.508 e. The van der Waals surface area contributed by atoms with E-state index in [1.54, 1.807) is 54.6 Å². The van der Waals surface area contributed by atoms with E-state index in [9.17, 15) is 29.7 Å². The smallest absolute Gasteiger partial charge is 0.192 e. The third-order valence-electron chi connectivity index (χ3n) is 8.92. The van der Waals surface area contributed by atoms with E-state index in [0.717, 1.165) is 6.08 Å². The fourth-order valence-electron chi connectivity index (χ4n) is 7.16. The highest BCUT2D eigenvalue weighted by atomic mass is 16.5. The Bertz CT molecular complexity index is 1670. The van der Waals surface area contributed by atoms with Crippen molar-refractivity contribution < 1.29 is 39.2 Å². The lowest BCUT2D eigenvalue weighted by Crippen LogP contribution is -2.56. The standard InChI is InChI=1S/C34H31NO8/c1-42-28-16-19(10-13-25(28)37)9-12-21(36)18-27(39)30-24-8-5-15-35(24)34(31(30)20-11-14-26(38)29(17-20)43-2)32(40)22-6-3-4-7-23(22)33(34)41/h3-4,6-7,9-14,16-18,24,30-31,36-38H,5,8,15H2,1-2H3/b12-9+,21-18-. The number of rotatable bonds is 7. The van der Waals surface area contributed by atoms with Crippen LogP contribution < -0.4 is 9.47 Å². The number of benzene rings is 3. The molecule has 6 rings (SSSR count). The largest absolute Gasteiger partial charge is 0.508 e. The number of carbonyl (C=O) groups excluding carboxylic acids is 3. The molecule has 0 saturated carbocycles. The van der Waals surface area contributed by atoms with Gasteiger partial charge < -0.3 is 24.8 Å². The van der Waals surface area contributed by atoms with Crippen molar-refractivity contribution in [2.24, 2.45) is 5.92 Å². The molecular formula is C34H31NO8. The average molecular weight is 582 g/mol. The third-order valence-corrected chi connectivity index (χ3v) is 8.92. The number of methoxy groups -OCH3 is 2. The predicted octanol–water partition coefficient (Wildman–Crippen LogP) is 4.84. The minimum absolute atomic E-state index is 0.0269. The van der Waals surface area contributed by atoms with Gasteiger partial charge in [0.15, 0.2) is 45.9 Å². The Hall–Kier alpha value is -4.89. The molecule has 3 N–H and O–H groups in total. The van der Waals surface area contributed by atoms with Crippen LogP contribution in [0.2, 0.25) is 0 Å². The third kappa shape index (κ3) is 4.30. The van der Waals surface area contributed by atoms with Gasteiger partial charge >= 0.3 is 0 Å². The summed E-state index contributed by atoms with van der Waals surface area (Å²) >= 11 is 0. The molecule has 3 aliphatic rings. The van der Waals surface area contributed by atoms with Gasteiger partial charge in [0.1, 0.15) is 5.76 Å². The number of hydrogen-bond acceptors (Lipinski definition) is 9. The molecule has 2 fully saturated rings. The van der Waals surface area contributed by atoms with Gasteiger partial charge in [-0.2, -0.15) is 0 Å². The molecule has 1 aliphatic carbocycles. The van der Waals surface area contributed by atoms with Crippen LogP contribution in [0.15, 0.2) is 78.6 Å². The second-order valence-electron chi connectivity index (χ2n) is 11.0. The second kappa shape index (κ2) is 10.7. The quantitative estimate of drug-likeness (QED) is 0.155. The molecule has 9 nitrogen and oxygen atoms in total. The molecule has 9 heteroatoms. The highest BCUT2D eigenvalue weighted by Gasteiger charge is 2.71. The monoisotopic (exact) mass is 581 g/mol. The molecule has 0 aromatic heterocycles. The molecule has 2 aliphatic heterocycles. The van der Waals surface area contributed by atoms with Crippen LogP contribution in [-0.2, 0) is 4.79 Å². The molecule has 3 aromatic rings. The number of aromatic hydroxyl groups is 2. The first-order valence-electron chi connectivity index (χ1n) is 14.0. The van der Waals surface area contributed by atoms with E-state index in [0.29, 0.717) is 41.6 Å². The average Bonchev–Trinajstić information content (AvgIpc) is 3.66. The van der Waals surface area contributed by atoms with Crippen LogP contribution in [0, 0.1) is 5.92 Å². The fourth-order valence-corrected chi connectivity index (χ4v) is 7.16. The SMILES string of the molecule is COc1cc(/C=C/C(O)=C/C(=O)C2C3CCCN3C3(C(=O)c4ccccc4C3=O)C2c2ccc(O)c(OC)c2)ccc1O. The van der Waals surface area contributed by atoms with Gasteiger partial charge in [-0.15, -0.1) is 0 Å². The van der Waals surface area contributed by atoms with E-state index in [2.05, 4.69) is 0 Å². The normalized spacial score (nSPS) is 22.7. The summed E-state index contributed by atoms with van der Waals surface area (Å²) in [6.45, 7) is 0.462. The number of hydrogen-bond donors (Lipinski definition) is 3. The summed E-state index contributed by atoms with van der Waals surface area (Å²) in [5.41, 5.74) is 0.143. The summed E-state index contributed by atoms with van der Waals surface area (Å²) in [6.07, 6.45) is 5.37. The lowest BCUT2D eigenvalue weighted by Gasteiger charge is -2.36. The van der Waals surface area contributed by atoms with E-state index in [1.807, 2.05) is 4.90 Å². The predicted molar refractivity (Wildman–Crippen MR) is 158 cm³/mol. The zero-order valence-corrected chi connectivity index (χ0v) is 23.7. The summed E-state index contributed by atoms with van der Waals surface area (Å²) in [5.74, 6) is -2.88. The van der Waals surface area contributed by atoms with Gasteiger partial charge in [0.05, 0.1) is 14.2 Å². The summed E-state index contributed by atoms with van der Waals surface area (Å²) < 4.78 is 10.5. The van der Waals surface area contributed by atoms with Gasteiger partial charge in [-0.1, -0.05) is 42.5 Å². The van der Waals surface area contributed by atoms with Crippen molar-refractivity contribution >= 4 is 23.4 Å². The number of ether oxygens (including phenoxy) is 2. The Morgan fingerprint density at radius 1 is 0.930 bits per heavy atom. The number of allylic oxidation sites excluding steroid dienone is 2. The van der Waals surface area contributed by atoms with Gasteiger partial charge in [-0.3, -0.25) is 19.3 Å². The number of ketones is 3. The number of nitrogens with zero attached hydrogens (tertiary/aromatic N) is 1. The summed E-state index contributed by atoms with van der Waals surface area (Å²) in [5, 5.41) is 31.0. The van der Waals surface area contributed by atoms with Crippen LogP contribution in [0.4, 0.5) is 0 Å².